The first-order valence-electron chi connectivity index (χ1n) is 5.98. The third-order valence-corrected chi connectivity index (χ3v) is 4.56. The molecule has 0 unspecified atom stereocenters. The molecular weight excluding hydrogens is 334 g/mol. The molecule has 1 saturated carbocycles. The Bertz CT molecular complexity index is 521. The molecule has 0 bridgehead atoms. The Morgan fingerprint density at radius 1 is 1.37 bits per heavy atom. The van der Waals surface area contributed by atoms with Crippen LogP contribution in [0, 0.1) is 5.92 Å². The number of amides is 1. The molecule has 2 rings (SSSR count). The van der Waals surface area contributed by atoms with E-state index in [1.54, 1.807) is 18.2 Å². The summed E-state index contributed by atoms with van der Waals surface area (Å²) < 4.78 is 0.718. The highest BCUT2D eigenvalue weighted by Crippen LogP contribution is 2.27. The van der Waals surface area contributed by atoms with Gasteiger partial charge in [0, 0.05) is 16.1 Å². The zero-order chi connectivity index (χ0) is 14.0. The predicted octanol–water partition coefficient (Wildman–Crippen LogP) is 3.09. The lowest BCUT2D eigenvalue weighted by molar-refractivity contribution is -0.142. The second-order valence-electron chi connectivity index (χ2n) is 4.58. The number of rotatable bonds is 3. The average molecular weight is 347 g/mol. The van der Waals surface area contributed by atoms with E-state index in [1.165, 1.54) is 0 Å². The average Bonchev–Trinajstić information content (AvgIpc) is 2.80. The highest BCUT2D eigenvalue weighted by Gasteiger charge is 2.33. The minimum atomic E-state index is -0.850. The van der Waals surface area contributed by atoms with Crippen LogP contribution < -0.4 is 5.32 Å². The van der Waals surface area contributed by atoms with Crippen molar-refractivity contribution in [3.63, 3.8) is 0 Å². The van der Waals surface area contributed by atoms with Crippen LogP contribution in [0.15, 0.2) is 22.7 Å². The van der Waals surface area contributed by atoms with Gasteiger partial charge < -0.3 is 10.4 Å². The van der Waals surface area contributed by atoms with Crippen molar-refractivity contribution >= 4 is 39.4 Å². The number of carbonyl (C=O) groups excluding carboxylic acids is 1. The summed E-state index contributed by atoms with van der Waals surface area (Å²) in [5, 5.41) is 12.3. The molecule has 19 heavy (non-hydrogen) atoms. The molecule has 0 heterocycles. The van der Waals surface area contributed by atoms with Crippen LogP contribution >= 0.6 is 27.5 Å². The molecule has 1 aromatic carbocycles. The van der Waals surface area contributed by atoms with E-state index >= 15 is 0 Å². The fraction of sp³-hybridized carbons (Fsp3) is 0.385. The molecule has 0 aromatic heterocycles. The smallest absolute Gasteiger partial charge is 0.308 e. The van der Waals surface area contributed by atoms with Gasteiger partial charge in [-0.05, 0) is 47.0 Å². The highest BCUT2D eigenvalue weighted by molar-refractivity contribution is 9.10. The van der Waals surface area contributed by atoms with Crippen molar-refractivity contribution in [1.29, 1.82) is 0 Å². The number of carbonyl (C=O) groups is 2. The maximum Gasteiger partial charge on any atom is 0.308 e. The van der Waals surface area contributed by atoms with E-state index < -0.39 is 11.9 Å². The lowest BCUT2D eigenvalue weighted by Gasteiger charge is -2.17. The normalized spacial score (nSPS) is 22.2. The van der Waals surface area contributed by atoms with Gasteiger partial charge in [0.25, 0.3) is 5.91 Å². The quantitative estimate of drug-likeness (QED) is 0.884. The standard InChI is InChI=1S/C13H13BrClNO3/c14-9-5-4-7(6-10(9)15)12(17)16-11-3-1-2-8(11)13(18)19/h4-6,8,11H,1-3H2,(H,16,17)(H,18,19)/t8-,11+/m1/s1. The van der Waals surface area contributed by atoms with E-state index in [0.717, 1.165) is 10.9 Å². The van der Waals surface area contributed by atoms with Gasteiger partial charge in [-0.1, -0.05) is 18.0 Å². The molecule has 0 spiro atoms. The summed E-state index contributed by atoms with van der Waals surface area (Å²) in [5.74, 6) is -1.63. The zero-order valence-electron chi connectivity index (χ0n) is 10.0. The lowest BCUT2D eigenvalue weighted by Crippen LogP contribution is -2.40. The minimum absolute atomic E-state index is 0.285. The molecule has 6 heteroatoms. The Labute approximate surface area is 124 Å². The van der Waals surface area contributed by atoms with Crippen LogP contribution in [-0.4, -0.2) is 23.0 Å². The summed E-state index contributed by atoms with van der Waals surface area (Å²) in [6.07, 6.45) is 2.14. The van der Waals surface area contributed by atoms with Crippen molar-refractivity contribution in [2.45, 2.75) is 25.3 Å². The van der Waals surface area contributed by atoms with Gasteiger partial charge in [0.2, 0.25) is 0 Å². The summed E-state index contributed by atoms with van der Waals surface area (Å²) in [5.41, 5.74) is 0.434. The van der Waals surface area contributed by atoms with Gasteiger partial charge in [-0.2, -0.15) is 0 Å². The number of nitrogens with one attached hydrogen (secondary N) is 1. The Morgan fingerprint density at radius 3 is 2.74 bits per heavy atom. The molecule has 4 nitrogen and oxygen atoms in total. The summed E-state index contributed by atoms with van der Waals surface area (Å²) >= 11 is 9.19. The van der Waals surface area contributed by atoms with Crippen molar-refractivity contribution in [1.82, 2.24) is 5.32 Å². The Kier molecular flexibility index (Phi) is 4.47. The molecule has 1 fully saturated rings. The van der Waals surface area contributed by atoms with Gasteiger partial charge in [0.05, 0.1) is 10.9 Å². The van der Waals surface area contributed by atoms with Gasteiger partial charge in [-0.3, -0.25) is 9.59 Å². The highest BCUT2D eigenvalue weighted by atomic mass is 79.9. The van der Waals surface area contributed by atoms with E-state index in [1.807, 2.05) is 0 Å². The summed E-state index contributed by atoms with van der Waals surface area (Å²) in [6, 6.07) is 4.61. The third-order valence-electron chi connectivity index (χ3n) is 3.33. The molecule has 102 valence electrons. The predicted molar refractivity (Wildman–Crippen MR) is 75.4 cm³/mol. The Morgan fingerprint density at radius 2 is 2.11 bits per heavy atom. The Hall–Kier alpha value is -1.07. The van der Waals surface area contributed by atoms with E-state index in [2.05, 4.69) is 21.2 Å². The van der Waals surface area contributed by atoms with Crippen molar-refractivity contribution in [2.75, 3.05) is 0 Å². The van der Waals surface area contributed by atoms with E-state index in [9.17, 15) is 9.59 Å². The number of carboxylic acids is 1. The fourth-order valence-corrected chi connectivity index (χ4v) is 2.74. The molecule has 1 aliphatic carbocycles. The van der Waals surface area contributed by atoms with Crippen LogP contribution in [-0.2, 0) is 4.79 Å². The van der Waals surface area contributed by atoms with Crippen molar-refractivity contribution in [3.8, 4) is 0 Å². The Balaban J connectivity index is 2.08. The number of benzene rings is 1. The molecule has 0 saturated heterocycles. The molecule has 1 aromatic rings. The number of hydrogen-bond acceptors (Lipinski definition) is 2. The molecule has 2 atom stereocenters. The minimum Gasteiger partial charge on any atom is -0.481 e. The largest absolute Gasteiger partial charge is 0.481 e. The van der Waals surface area contributed by atoms with Crippen LogP contribution in [0.5, 0.6) is 0 Å². The maximum atomic E-state index is 12.1. The first-order chi connectivity index (χ1) is 8.99. The molecule has 0 radical (unpaired) electrons. The summed E-state index contributed by atoms with van der Waals surface area (Å²) in [6.45, 7) is 0. The number of halogens is 2. The van der Waals surface area contributed by atoms with Crippen LogP contribution in [0.2, 0.25) is 5.02 Å². The van der Waals surface area contributed by atoms with Gasteiger partial charge in [0.15, 0.2) is 0 Å². The van der Waals surface area contributed by atoms with Crippen LogP contribution in [0.3, 0.4) is 0 Å². The summed E-state index contributed by atoms with van der Waals surface area (Å²) in [7, 11) is 0. The van der Waals surface area contributed by atoms with E-state index in [-0.39, 0.29) is 11.9 Å². The van der Waals surface area contributed by atoms with Crippen LogP contribution in [0.1, 0.15) is 29.6 Å². The second-order valence-corrected chi connectivity index (χ2v) is 5.85. The van der Waals surface area contributed by atoms with Crippen LogP contribution in [0.25, 0.3) is 0 Å². The SMILES string of the molecule is O=C(N[C@H]1CCC[C@H]1C(=O)O)c1ccc(Br)c(Cl)c1. The topological polar surface area (TPSA) is 66.4 Å². The first-order valence-corrected chi connectivity index (χ1v) is 7.15. The summed E-state index contributed by atoms with van der Waals surface area (Å²) in [4.78, 5) is 23.1. The van der Waals surface area contributed by atoms with Gasteiger partial charge in [-0.25, -0.2) is 0 Å². The van der Waals surface area contributed by atoms with Crippen molar-refractivity contribution in [3.05, 3.63) is 33.3 Å². The van der Waals surface area contributed by atoms with Gasteiger partial charge in [0.1, 0.15) is 0 Å². The fourth-order valence-electron chi connectivity index (χ4n) is 2.32. The molecule has 1 aliphatic rings. The van der Waals surface area contributed by atoms with Gasteiger partial charge in [-0.15, -0.1) is 0 Å². The second kappa shape index (κ2) is 5.92. The monoisotopic (exact) mass is 345 g/mol. The zero-order valence-corrected chi connectivity index (χ0v) is 12.4. The molecule has 2 N–H and O–H groups in total. The van der Waals surface area contributed by atoms with Crippen molar-refractivity contribution < 1.29 is 14.7 Å². The van der Waals surface area contributed by atoms with Crippen LogP contribution in [0.4, 0.5) is 0 Å². The lowest BCUT2D eigenvalue weighted by atomic mass is 10.0. The van der Waals surface area contributed by atoms with Crippen molar-refractivity contribution in [2.24, 2.45) is 5.92 Å². The molecule has 1 amide bonds. The number of hydrogen-bond donors (Lipinski definition) is 2. The molecular formula is C13H13BrClNO3. The number of carboxylic acid groups (broad SMARTS) is 1. The molecule has 0 aliphatic heterocycles. The first kappa shape index (κ1) is 14.3. The maximum absolute atomic E-state index is 12.1. The van der Waals surface area contributed by atoms with Gasteiger partial charge >= 0.3 is 5.97 Å². The third kappa shape index (κ3) is 3.28. The number of aliphatic carboxylic acids is 1. The van der Waals surface area contributed by atoms with E-state index in [0.29, 0.717) is 23.4 Å². The van der Waals surface area contributed by atoms with E-state index in [4.69, 9.17) is 16.7 Å².